The Bertz CT molecular complexity index is 2930. The van der Waals surface area contributed by atoms with Crippen LogP contribution in [-0.4, -0.2) is 25.9 Å². The lowest BCUT2D eigenvalue weighted by atomic mass is 9.44. The van der Waals surface area contributed by atoms with E-state index < -0.39 is 10.8 Å². The number of para-hydroxylation sites is 2. The lowest BCUT2D eigenvalue weighted by Crippen LogP contribution is -2.52. The highest BCUT2D eigenvalue weighted by molar-refractivity contribution is 6.09. The molecule has 0 aliphatic heterocycles. The van der Waals surface area contributed by atoms with Crippen LogP contribution in [0.25, 0.3) is 38.6 Å². The van der Waals surface area contributed by atoms with E-state index in [1.165, 1.54) is 66.3 Å². The molecule has 1 heterocycles. The molecular formula is C53H39NO3. The molecule has 274 valence electrons. The zero-order chi connectivity index (χ0) is 38.3. The number of hydrogen-bond donors (Lipinski definition) is 0. The molecule has 0 N–H and O–H groups in total. The Morgan fingerprint density at radius 1 is 0.386 bits per heavy atom. The summed E-state index contributed by atoms with van der Waals surface area (Å²) in [7, 11) is 5.29. The number of nitrogens with zero attached hydrogens (tertiary/aromatic N) is 1. The molecule has 4 nitrogen and oxygen atoms in total. The van der Waals surface area contributed by atoms with Gasteiger partial charge < -0.3 is 18.8 Å². The Balaban J connectivity index is 1.26. The van der Waals surface area contributed by atoms with Gasteiger partial charge in [0, 0.05) is 22.0 Å². The van der Waals surface area contributed by atoms with Gasteiger partial charge in [-0.3, -0.25) is 0 Å². The first-order valence-electron chi connectivity index (χ1n) is 19.4. The third kappa shape index (κ3) is 4.38. The smallest absolute Gasteiger partial charge is 0.127 e. The fourth-order valence-electron chi connectivity index (χ4n) is 10.4. The van der Waals surface area contributed by atoms with E-state index in [2.05, 4.69) is 187 Å². The molecule has 3 aliphatic rings. The van der Waals surface area contributed by atoms with Crippen LogP contribution in [-0.2, 0) is 10.8 Å². The van der Waals surface area contributed by atoms with Gasteiger partial charge in [-0.25, -0.2) is 0 Å². The molecule has 4 heteroatoms. The van der Waals surface area contributed by atoms with Gasteiger partial charge in [-0.2, -0.15) is 0 Å². The van der Waals surface area contributed by atoms with E-state index in [0.29, 0.717) is 0 Å². The quantitative estimate of drug-likeness (QED) is 0.163. The molecule has 0 radical (unpaired) electrons. The van der Waals surface area contributed by atoms with E-state index in [1.54, 1.807) is 21.3 Å². The fourth-order valence-corrected chi connectivity index (χ4v) is 10.4. The molecule has 57 heavy (non-hydrogen) atoms. The van der Waals surface area contributed by atoms with Crippen molar-refractivity contribution in [2.24, 2.45) is 0 Å². The zero-order valence-corrected chi connectivity index (χ0v) is 32.0. The molecule has 2 bridgehead atoms. The van der Waals surface area contributed by atoms with E-state index >= 15 is 0 Å². The molecule has 0 atom stereocenters. The van der Waals surface area contributed by atoms with Crippen molar-refractivity contribution in [1.29, 1.82) is 0 Å². The van der Waals surface area contributed by atoms with Crippen molar-refractivity contribution in [3.63, 3.8) is 0 Å². The van der Waals surface area contributed by atoms with Gasteiger partial charge in [0.1, 0.15) is 17.2 Å². The van der Waals surface area contributed by atoms with Gasteiger partial charge in [-0.05, 0) is 111 Å². The average Bonchev–Trinajstić information content (AvgIpc) is 3.63. The van der Waals surface area contributed by atoms with Gasteiger partial charge in [0.25, 0.3) is 0 Å². The highest BCUT2D eigenvalue weighted by Gasteiger charge is 2.60. The number of aromatic nitrogens is 1. The lowest BCUT2D eigenvalue weighted by molar-refractivity contribution is 0.407. The van der Waals surface area contributed by atoms with Gasteiger partial charge in [-0.15, -0.1) is 0 Å². The minimum Gasteiger partial charge on any atom is -0.497 e. The summed E-state index contributed by atoms with van der Waals surface area (Å²) in [5.41, 5.74) is 13.8. The third-order valence-corrected chi connectivity index (χ3v) is 12.6. The molecule has 0 spiro atoms. The molecule has 0 fully saturated rings. The number of methoxy groups -OCH3 is 3. The number of benzene rings is 8. The van der Waals surface area contributed by atoms with Crippen molar-refractivity contribution >= 4 is 21.8 Å². The summed E-state index contributed by atoms with van der Waals surface area (Å²) >= 11 is 0. The summed E-state index contributed by atoms with van der Waals surface area (Å²) in [5, 5.41) is 2.48. The number of ether oxygens (including phenoxy) is 3. The summed E-state index contributed by atoms with van der Waals surface area (Å²) in [6, 6.07) is 66.1. The Kier molecular flexibility index (Phi) is 7.30. The minimum absolute atomic E-state index is 0.665. The molecule has 9 aromatic rings. The van der Waals surface area contributed by atoms with E-state index in [4.69, 9.17) is 14.2 Å². The Morgan fingerprint density at radius 2 is 0.877 bits per heavy atom. The maximum absolute atomic E-state index is 6.47. The van der Waals surface area contributed by atoms with Crippen LogP contribution >= 0.6 is 0 Å². The average molecular weight is 738 g/mol. The standard InChI is InChI=1S/C53H39NO3/c1-55-38-25-27-43-45(30-38)53(36-18-8-5-9-19-36)46-31-39(56-2)26-28-44(46)52(43,35-16-6-4-7-17-35)47-32-42(51(57-3)33-48(47)53)34-15-14-20-37(29-34)54-49-23-12-10-21-40(49)41-22-11-13-24-50(41)54/h4-33H,1-3H3. The van der Waals surface area contributed by atoms with Crippen LogP contribution in [0.5, 0.6) is 17.2 Å². The van der Waals surface area contributed by atoms with Gasteiger partial charge in [-0.1, -0.05) is 121 Å². The van der Waals surface area contributed by atoms with Crippen LogP contribution in [0, 0.1) is 0 Å². The predicted molar refractivity (Wildman–Crippen MR) is 230 cm³/mol. The SMILES string of the molecule is COc1ccc2c(c1)C1(c3ccccc3)c3cc(OC)ccc3C2(c2ccccc2)c2cc(-c3cccc(-n4c5ccccc5c5ccccc54)c3)c(OC)cc21. The van der Waals surface area contributed by atoms with Crippen LogP contribution < -0.4 is 14.2 Å². The Morgan fingerprint density at radius 3 is 1.42 bits per heavy atom. The maximum Gasteiger partial charge on any atom is 0.127 e. The first-order chi connectivity index (χ1) is 28.1. The van der Waals surface area contributed by atoms with Gasteiger partial charge in [0.05, 0.1) is 43.2 Å². The van der Waals surface area contributed by atoms with Crippen molar-refractivity contribution < 1.29 is 14.2 Å². The van der Waals surface area contributed by atoms with Crippen LogP contribution in [0.3, 0.4) is 0 Å². The number of fused-ring (bicyclic) bond motifs is 3. The molecule has 1 aromatic heterocycles. The monoisotopic (exact) mass is 737 g/mol. The van der Waals surface area contributed by atoms with Gasteiger partial charge in [0.15, 0.2) is 0 Å². The summed E-state index contributed by atoms with van der Waals surface area (Å²) in [4.78, 5) is 0. The van der Waals surface area contributed by atoms with Crippen molar-refractivity contribution in [1.82, 2.24) is 4.57 Å². The highest BCUT2D eigenvalue weighted by atomic mass is 16.5. The van der Waals surface area contributed by atoms with Gasteiger partial charge >= 0.3 is 0 Å². The molecular weight excluding hydrogens is 699 g/mol. The fraction of sp³-hybridized carbons (Fsp3) is 0.0943. The Hall–Kier alpha value is -7.04. The first-order valence-corrected chi connectivity index (χ1v) is 19.4. The molecule has 0 saturated heterocycles. The van der Waals surface area contributed by atoms with Crippen molar-refractivity contribution in [2.75, 3.05) is 21.3 Å². The first kappa shape index (κ1) is 33.3. The van der Waals surface area contributed by atoms with E-state index in [0.717, 1.165) is 34.1 Å². The van der Waals surface area contributed by atoms with Crippen molar-refractivity contribution in [3.8, 4) is 34.1 Å². The van der Waals surface area contributed by atoms with Crippen LogP contribution in [0.1, 0.15) is 44.5 Å². The molecule has 3 aliphatic carbocycles. The lowest BCUT2D eigenvalue weighted by Gasteiger charge is -2.57. The van der Waals surface area contributed by atoms with Crippen LogP contribution in [0.4, 0.5) is 0 Å². The second-order valence-electron chi connectivity index (χ2n) is 15.1. The van der Waals surface area contributed by atoms with Crippen molar-refractivity contribution in [2.45, 2.75) is 10.8 Å². The largest absolute Gasteiger partial charge is 0.497 e. The summed E-state index contributed by atoms with van der Waals surface area (Å²) in [6.45, 7) is 0. The normalized spacial score (nSPS) is 17.5. The summed E-state index contributed by atoms with van der Waals surface area (Å²) < 4.78 is 20.8. The second kappa shape index (κ2) is 12.5. The molecule has 0 amide bonds. The third-order valence-electron chi connectivity index (χ3n) is 12.6. The number of rotatable bonds is 7. The minimum atomic E-state index is -0.711. The van der Waals surface area contributed by atoms with E-state index in [9.17, 15) is 0 Å². The number of hydrogen-bond acceptors (Lipinski definition) is 3. The summed E-state index contributed by atoms with van der Waals surface area (Å²) in [5.74, 6) is 2.45. The Labute approximate surface area is 332 Å². The van der Waals surface area contributed by atoms with E-state index in [-0.39, 0.29) is 0 Å². The predicted octanol–water partition coefficient (Wildman–Crippen LogP) is 11.9. The molecule has 8 aromatic carbocycles. The topological polar surface area (TPSA) is 32.6 Å². The molecule has 0 saturated carbocycles. The maximum atomic E-state index is 6.47. The zero-order valence-electron chi connectivity index (χ0n) is 32.0. The molecule has 12 rings (SSSR count). The van der Waals surface area contributed by atoms with E-state index in [1.807, 2.05) is 0 Å². The second-order valence-corrected chi connectivity index (χ2v) is 15.1. The van der Waals surface area contributed by atoms with Crippen molar-refractivity contribution in [3.05, 3.63) is 226 Å². The summed E-state index contributed by atoms with van der Waals surface area (Å²) in [6.07, 6.45) is 0. The highest BCUT2D eigenvalue weighted by Crippen LogP contribution is 2.67. The van der Waals surface area contributed by atoms with Crippen LogP contribution in [0.2, 0.25) is 0 Å². The molecule has 0 unspecified atom stereocenters. The van der Waals surface area contributed by atoms with Gasteiger partial charge in [0.2, 0.25) is 0 Å². The van der Waals surface area contributed by atoms with Crippen LogP contribution in [0.15, 0.2) is 182 Å².